The molecule has 0 saturated carbocycles. The molecular weight excluding hydrogens is 320 g/mol. The number of hydrogen-bond acceptors (Lipinski definition) is 5. The van der Waals surface area contributed by atoms with Crippen LogP contribution in [-0.4, -0.2) is 18.8 Å². The fraction of sp³-hybridized carbons (Fsp3) is 0.263. The van der Waals surface area contributed by atoms with E-state index in [-0.39, 0.29) is 18.2 Å². The molecule has 0 bridgehead atoms. The van der Waals surface area contributed by atoms with Crippen molar-refractivity contribution in [1.29, 1.82) is 5.39 Å². The monoisotopic (exact) mass is 339 g/mol. The molecule has 0 fully saturated rings. The first kappa shape index (κ1) is 16.8. The highest BCUT2D eigenvalue weighted by Crippen LogP contribution is 2.41. The number of rotatable bonds is 6. The van der Waals surface area contributed by atoms with Crippen LogP contribution in [0.25, 0.3) is 4.98 Å². The molecule has 128 valence electrons. The van der Waals surface area contributed by atoms with Crippen LogP contribution in [-0.2, 0) is 16.1 Å². The lowest BCUT2D eigenvalue weighted by Gasteiger charge is -2.17. The first-order valence-electron chi connectivity index (χ1n) is 7.93. The molecule has 1 aliphatic heterocycles. The summed E-state index contributed by atoms with van der Waals surface area (Å²) < 4.78 is 16.5. The largest absolute Gasteiger partial charge is 0.497 e. The average Bonchev–Trinajstić information content (AvgIpc) is 2.98. The van der Waals surface area contributed by atoms with E-state index in [0.717, 1.165) is 16.9 Å². The molecule has 0 unspecified atom stereocenters. The number of methoxy groups -OCH3 is 1. The Morgan fingerprint density at radius 2 is 1.96 bits per heavy atom. The second-order valence-electron chi connectivity index (χ2n) is 5.71. The van der Waals surface area contributed by atoms with Gasteiger partial charge in [-0.3, -0.25) is 0 Å². The van der Waals surface area contributed by atoms with Crippen LogP contribution < -0.4 is 4.74 Å². The van der Waals surface area contributed by atoms with Crippen molar-refractivity contribution in [3.05, 3.63) is 82.3 Å². The highest BCUT2D eigenvalue weighted by Gasteiger charge is 2.47. The van der Waals surface area contributed by atoms with Gasteiger partial charge in [0.05, 0.1) is 20.3 Å². The summed E-state index contributed by atoms with van der Waals surface area (Å²) in [6.45, 7) is 0.606. The molecule has 1 N–H and O–H groups in total. The summed E-state index contributed by atoms with van der Waals surface area (Å²) in [5.41, 5.74) is 1.94. The zero-order valence-corrected chi connectivity index (χ0v) is 13.8. The van der Waals surface area contributed by atoms with Crippen LogP contribution >= 0.6 is 0 Å². The molecule has 25 heavy (non-hydrogen) atoms. The standard InChI is InChI=1S/C19H18N2O4/c1-23-15-9-5-6-13(10-15)11-24-12-16-17(21-20)19(22)25-18(16)14-7-3-2-4-8-14/h2-10,16,18H,11-12H2,1H3/p+1/t16-,18+/m0/s1. The van der Waals surface area contributed by atoms with Gasteiger partial charge >= 0.3 is 11.6 Å². The molecule has 0 radical (unpaired) electrons. The highest BCUT2D eigenvalue weighted by molar-refractivity contribution is 5.29. The van der Waals surface area contributed by atoms with Crippen molar-refractivity contribution < 1.29 is 19.3 Å². The van der Waals surface area contributed by atoms with Crippen molar-refractivity contribution in [3.63, 3.8) is 0 Å². The summed E-state index contributed by atoms with van der Waals surface area (Å²) >= 11 is 0. The molecule has 2 atom stereocenters. The van der Waals surface area contributed by atoms with Gasteiger partial charge in [-0.05, 0) is 23.3 Å². The molecular formula is C19H19N2O4+. The van der Waals surface area contributed by atoms with Gasteiger partial charge in [0.1, 0.15) is 17.8 Å². The first-order chi connectivity index (χ1) is 12.2. The Morgan fingerprint density at radius 1 is 1.16 bits per heavy atom. The van der Waals surface area contributed by atoms with Crippen molar-refractivity contribution >= 4 is 0 Å². The van der Waals surface area contributed by atoms with Crippen molar-refractivity contribution in [1.82, 2.24) is 0 Å². The molecule has 2 aromatic rings. The van der Waals surface area contributed by atoms with Gasteiger partial charge in [-0.2, -0.15) is 0 Å². The van der Waals surface area contributed by atoms with Crippen molar-refractivity contribution in [2.75, 3.05) is 13.7 Å². The zero-order chi connectivity index (χ0) is 17.6. The summed E-state index contributed by atoms with van der Waals surface area (Å²) in [7, 11) is 1.61. The van der Waals surface area contributed by atoms with Crippen LogP contribution in [0.2, 0.25) is 0 Å². The van der Waals surface area contributed by atoms with E-state index in [1.54, 1.807) is 7.11 Å². The third kappa shape index (κ3) is 3.73. The van der Waals surface area contributed by atoms with Crippen LogP contribution in [0.5, 0.6) is 5.75 Å². The van der Waals surface area contributed by atoms with Gasteiger partial charge in [0.2, 0.25) is 5.39 Å². The van der Waals surface area contributed by atoms with Crippen LogP contribution in [0, 0.1) is 11.3 Å². The number of aliphatic hydroxyl groups is 1. The smallest absolute Gasteiger partial charge is 0.449 e. The number of benzene rings is 2. The Bertz CT molecular complexity index is 799. The maximum atomic E-state index is 9.91. The number of ether oxygens (including phenoxy) is 3. The quantitative estimate of drug-likeness (QED) is 0.799. The SMILES string of the molecule is COc1cccc(COC[C@H]2C([N+]#N)=C(O)O[C@@H]2c2ccccc2)c1. The van der Waals surface area contributed by atoms with E-state index in [2.05, 4.69) is 4.98 Å². The summed E-state index contributed by atoms with van der Waals surface area (Å²) in [6, 6.07) is 17.1. The van der Waals surface area contributed by atoms with E-state index < -0.39 is 12.0 Å². The summed E-state index contributed by atoms with van der Waals surface area (Å²) in [5, 5.41) is 19.1. The maximum Gasteiger partial charge on any atom is 0.449 e. The lowest BCUT2D eigenvalue weighted by molar-refractivity contribution is 0.0111. The van der Waals surface area contributed by atoms with Gasteiger partial charge < -0.3 is 19.3 Å². The van der Waals surface area contributed by atoms with E-state index in [1.165, 1.54) is 0 Å². The Kier molecular flexibility index (Phi) is 5.17. The average molecular weight is 339 g/mol. The molecule has 0 aromatic heterocycles. The number of diazo groups is 1. The van der Waals surface area contributed by atoms with E-state index in [0.29, 0.717) is 6.61 Å². The lowest BCUT2D eigenvalue weighted by atomic mass is 9.95. The van der Waals surface area contributed by atoms with Crippen LogP contribution in [0.3, 0.4) is 0 Å². The summed E-state index contributed by atoms with van der Waals surface area (Å²) in [6.07, 6.45) is -0.461. The Balaban J connectivity index is 1.70. The first-order valence-corrected chi connectivity index (χ1v) is 7.93. The second kappa shape index (κ2) is 7.69. The van der Waals surface area contributed by atoms with Crippen molar-refractivity contribution in [3.8, 4) is 5.75 Å². The lowest BCUT2D eigenvalue weighted by Crippen LogP contribution is -2.16. The molecule has 1 aliphatic rings. The fourth-order valence-corrected chi connectivity index (χ4v) is 2.86. The van der Waals surface area contributed by atoms with Crippen molar-refractivity contribution in [2.24, 2.45) is 5.92 Å². The maximum absolute atomic E-state index is 9.91. The molecule has 3 rings (SSSR count). The van der Waals surface area contributed by atoms with Crippen LogP contribution in [0.4, 0.5) is 0 Å². The third-order valence-corrected chi connectivity index (χ3v) is 4.11. The van der Waals surface area contributed by atoms with Crippen molar-refractivity contribution in [2.45, 2.75) is 12.7 Å². The normalized spacial score (nSPS) is 19.4. The summed E-state index contributed by atoms with van der Waals surface area (Å²) in [4.78, 5) is 3.18. The van der Waals surface area contributed by atoms with Gasteiger partial charge in [-0.15, -0.1) is 0 Å². The van der Waals surface area contributed by atoms with Gasteiger partial charge in [-0.25, -0.2) is 0 Å². The third-order valence-electron chi connectivity index (χ3n) is 4.11. The molecule has 0 aliphatic carbocycles. The molecule has 2 aromatic carbocycles. The van der Waals surface area contributed by atoms with Crippen LogP contribution in [0.1, 0.15) is 17.2 Å². The Labute approximate surface area is 145 Å². The predicted octanol–water partition coefficient (Wildman–Crippen LogP) is 4.18. The molecule has 6 heteroatoms. The molecule has 0 saturated heterocycles. The molecule has 0 amide bonds. The Morgan fingerprint density at radius 3 is 2.68 bits per heavy atom. The fourth-order valence-electron chi connectivity index (χ4n) is 2.86. The minimum atomic E-state index is -0.461. The minimum absolute atomic E-state index is 0.0968. The molecule has 0 spiro atoms. The van der Waals surface area contributed by atoms with Gasteiger partial charge in [0, 0.05) is 0 Å². The van der Waals surface area contributed by atoms with Gasteiger partial charge in [0.25, 0.3) is 0 Å². The van der Waals surface area contributed by atoms with Crippen LogP contribution in [0.15, 0.2) is 66.2 Å². The summed E-state index contributed by atoms with van der Waals surface area (Å²) in [5.74, 6) is -0.0135. The van der Waals surface area contributed by atoms with E-state index in [1.807, 2.05) is 54.6 Å². The molecule has 1 heterocycles. The predicted molar refractivity (Wildman–Crippen MR) is 91.1 cm³/mol. The van der Waals surface area contributed by atoms with Gasteiger partial charge in [0.15, 0.2) is 4.98 Å². The minimum Gasteiger partial charge on any atom is -0.497 e. The number of hydrogen-bond donors (Lipinski definition) is 1. The van der Waals surface area contributed by atoms with Gasteiger partial charge in [-0.1, -0.05) is 42.5 Å². The van der Waals surface area contributed by atoms with E-state index >= 15 is 0 Å². The van der Waals surface area contributed by atoms with E-state index in [9.17, 15) is 10.5 Å². The Hall–Kier alpha value is -3.04. The topological polar surface area (TPSA) is 76.1 Å². The molecule has 6 nitrogen and oxygen atoms in total. The second-order valence-corrected chi connectivity index (χ2v) is 5.71. The van der Waals surface area contributed by atoms with E-state index in [4.69, 9.17) is 14.2 Å². The number of aliphatic hydroxyl groups excluding tert-OH is 1. The number of nitrogens with zero attached hydrogens (tertiary/aromatic N) is 2. The zero-order valence-electron chi connectivity index (χ0n) is 13.8. The highest BCUT2D eigenvalue weighted by atomic mass is 16.6.